The van der Waals surface area contributed by atoms with Crippen molar-refractivity contribution >= 4 is 23.6 Å². The molecule has 2 aromatic carbocycles. The molecule has 1 aromatic heterocycles. The van der Waals surface area contributed by atoms with Crippen LogP contribution in [-0.2, 0) is 20.7 Å². The number of oxazole rings is 1. The third-order valence-electron chi connectivity index (χ3n) is 4.21. The highest BCUT2D eigenvalue weighted by atomic mass is 19.1. The van der Waals surface area contributed by atoms with Crippen LogP contribution in [0.4, 0.5) is 14.5 Å². The Hall–Kier alpha value is -3.81. The molecule has 0 atom stereocenters. The fraction of sp³-hybridized carbons (Fsp3) is 0.174. The van der Waals surface area contributed by atoms with Gasteiger partial charge in [-0.15, -0.1) is 0 Å². The van der Waals surface area contributed by atoms with Crippen molar-refractivity contribution in [3.8, 4) is 11.3 Å². The van der Waals surface area contributed by atoms with Gasteiger partial charge in [-0.1, -0.05) is 12.1 Å². The summed E-state index contributed by atoms with van der Waals surface area (Å²) >= 11 is 0. The fourth-order valence-corrected chi connectivity index (χ4v) is 2.72. The first-order valence-electron chi connectivity index (χ1n) is 9.59. The van der Waals surface area contributed by atoms with E-state index in [0.29, 0.717) is 12.3 Å². The number of esters is 1. The molecule has 1 heterocycles. The van der Waals surface area contributed by atoms with Gasteiger partial charge in [0.15, 0.2) is 11.7 Å². The fourth-order valence-electron chi connectivity index (χ4n) is 2.72. The highest BCUT2D eigenvalue weighted by Crippen LogP contribution is 2.24. The lowest BCUT2D eigenvalue weighted by Crippen LogP contribution is -2.12. The summed E-state index contributed by atoms with van der Waals surface area (Å²) in [5.74, 6) is -1.66. The molecule has 1 N–H and O–H groups in total. The first kappa shape index (κ1) is 21.9. The lowest BCUT2D eigenvalue weighted by atomic mass is 10.2. The second-order valence-corrected chi connectivity index (χ2v) is 6.50. The molecule has 8 heteroatoms. The molecule has 0 saturated heterocycles. The number of carbonyl (C=O) groups excluding carboxylic acids is 2. The van der Waals surface area contributed by atoms with E-state index in [-0.39, 0.29) is 36.0 Å². The molecule has 31 heavy (non-hydrogen) atoms. The predicted molar refractivity (Wildman–Crippen MR) is 111 cm³/mol. The topological polar surface area (TPSA) is 81.4 Å². The zero-order valence-electron chi connectivity index (χ0n) is 16.7. The normalized spacial score (nSPS) is 10.9. The van der Waals surface area contributed by atoms with Crippen molar-refractivity contribution in [3.05, 3.63) is 77.8 Å². The van der Waals surface area contributed by atoms with Gasteiger partial charge in [0.1, 0.15) is 11.6 Å². The Labute approximate surface area is 177 Å². The van der Waals surface area contributed by atoms with Crippen LogP contribution in [-0.4, -0.2) is 23.5 Å². The summed E-state index contributed by atoms with van der Waals surface area (Å²) in [6, 6.07) is 10.1. The van der Waals surface area contributed by atoms with E-state index in [1.165, 1.54) is 18.3 Å². The number of anilines is 1. The van der Waals surface area contributed by atoms with Crippen molar-refractivity contribution in [3.63, 3.8) is 0 Å². The van der Waals surface area contributed by atoms with Gasteiger partial charge in [0.2, 0.25) is 5.91 Å². The Morgan fingerprint density at radius 2 is 1.94 bits per heavy atom. The van der Waals surface area contributed by atoms with Gasteiger partial charge in [0, 0.05) is 30.7 Å². The summed E-state index contributed by atoms with van der Waals surface area (Å²) in [6.07, 6.45) is 4.62. The van der Waals surface area contributed by atoms with Gasteiger partial charge < -0.3 is 14.5 Å². The minimum absolute atomic E-state index is 0.0988. The van der Waals surface area contributed by atoms with Gasteiger partial charge >= 0.3 is 5.97 Å². The van der Waals surface area contributed by atoms with E-state index in [2.05, 4.69) is 10.3 Å². The Morgan fingerprint density at radius 3 is 2.65 bits per heavy atom. The number of amides is 1. The number of benzene rings is 2. The van der Waals surface area contributed by atoms with E-state index in [1.807, 2.05) is 0 Å². The molecule has 3 rings (SSSR count). The molecule has 6 nitrogen and oxygen atoms in total. The highest BCUT2D eigenvalue weighted by Gasteiger charge is 2.13. The van der Waals surface area contributed by atoms with Crippen LogP contribution in [0.3, 0.4) is 0 Å². The van der Waals surface area contributed by atoms with Crippen LogP contribution >= 0.6 is 0 Å². The Morgan fingerprint density at radius 1 is 1.16 bits per heavy atom. The molecular weight excluding hydrogens is 406 g/mol. The molecule has 160 valence electrons. The molecule has 0 aliphatic heterocycles. The summed E-state index contributed by atoms with van der Waals surface area (Å²) in [5, 5.41) is 2.75. The third kappa shape index (κ3) is 6.33. The van der Waals surface area contributed by atoms with E-state index < -0.39 is 17.6 Å². The molecular formula is C23H20F2N2O4. The second-order valence-electron chi connectivity index (χ2n) is 6.50. The second kappa shape index (κ2) is 10.3. The SMILES string of the molecule is CCOC(=O)/C=C/c1ccc(NC(=O)CCc2ncc(-c3ccc(F)cc3F)o2)cc1. The van der Waals surface area contributed by atoms with Gasteiger partial charge in [-0.25, -0.2) is 18.6 Å². The summed E-state index contributed by atoms with van der Waals surface area (Å²) < 4.78 is 37.1. The van der Waals surface area contributed by atoms with E-state index in [9.17, 15) is 18.4 Å². The highest BCUT2D eigenvalue weighted by molar-refractivity contribution is 5.91. The molecule has 0 fully saturated rings. The number of hydrogen-bond donors (Lipinski definition) is 1. The maximum absolute atomic E-state index is 13.8. The van der Waals surface area contributed by atoms with Crippen molar-refractivity contribution in [2.75, 3.05) is 11.9 Å². The minimum atomic E-state index is -0.749. The van der Waals surface area contributed by atoms with Crippen LogP contribution in [0.5, 0.6) is 0 Å². The predicted octanol–water partition coefficient (Wildman–Crippen LogP) is 4.77. The van der Waals surface area contributed by atoms with Gasteiger partial charge in [-0.05, 0) is 42.8 Å². The Balaban J connectivity index is 1.51. The Kier molecular flexibility index (Phi) is 7.26. The lowest BCUT2D eigenvalue weighted by Gasteiger charge is -2.05. The maximum Gasteiger partial charge on any atom is 0.330 e. The largest absolute Gasteiger partial charge is 0.463 e. The first-order valence-corrected chi connectivity index (χ1v) is 9.59. The van der Waals surface area contributed by atoms with Crippen molar-refractivity contribution in [1.29, 1.82) is 0 Å². The number of nitrogens with zero attached hydrogens (tertiary/aromatic N) is 1. The first-order chi connectivity index (χ1) is 14.9. The molecule has 0 aliphatic rings. The summed E-state index contributed by atoms with van der Waals surface area (Å²) in [6.45, 7) is 2.04. The Bertz CT molecular complexity index is 1090. The van der Waals surface area contributed by atoms with Crippen molar-refractivity contribution in [1.82, 2.24) is 4.98 Å². The van der Waals surface area contributed by atoms with Crippen molar-refractivity contribution < 1.29 is 27.5 Å². The number of rotatable bonds is 8. The standard InChI is InChI=1S/C23H20F2N2O4/c1-2-30-23(29)12-5-15-3-7-17(8-4-15)27-21(28)10-11-22-26-14-20(31-22)18-9-6-16(24)13-19(18)25/h3-9,12-14H,2,10-11H2,1H3,(H,27,28)/b12-5+. The average molecular weight is 426 g/mol. The molecule has 0 aliphatic carbocycles. The van der Waals surface area contributed by atoms with Gasteiger partial charge in [0.05, 0.1) is 18.4 Å². The molecule has 0 bridgehead atoms. The molecule has 3 aromatic rings. The number of hydrogen-bond acceptors (Lipinski definition) is 5. The van der Waals surface area contributed by atoms with Crippen LogP contribution in [0.15, 0.2) is 59.2 Å². The number of halogens is 2. The van der Waals surface area contributed by atoms with E-state index >= 15 is 0 Å². The van der Waals surface area contributed by atoms with Gasteiger partial charge in [-0.2, -0.15) is 0 Å². The van der Waals surface area contributed by atoms with E-state index in [1.54, 1.807) is 37.3 Å². The van der Waals surface area contributed by atoms with Gasteiger partial charge in [0.25, 0.3) is 0 Å². The lowest BCUT2D eigenvalue weighted by molar-refractivity contribution is -0.137. The maximum atomic E-state index is 13.8. The quantitative estimate of drug-likeness (QED) is 0.415. The number of carbonyl (C=O) groups is 2. The number of aryl methyl sites for hydroxylation is 1. The monoisotopic (exact) mass is 426 g/mol. The summed E-state index contributed by atoms with van der Waals surface area (Å²) in [5.41, 5.74) is 1.48. The van der Waals surface area contributed by atoms with Gasteiger partial charge in [-0.3, -0.25) is 4.79 Å². The molecule has 0 unspecified atom stereocenters. The van der Waals surface area contributed by atoms with Crippen LogP contribution in [0.1, 0.15) is 24.8 Å². The number of nitrogens with one attached hydrogen (secondary N) is 1. The third-order valence-corrected chi connectivity index (χ3v) is 4.21. The van der Waals surface area contributed by atoms with Crippen LogP contribution in [0.25, 0.3) is 17.4 Å². The summed E-state index contributed by atoms with van der Waals surface area (Å²) in [7, 11) is 0. The van der Waals surface area contributed by atoms with Crippen LogP contribution in [0, 0.1) is 11.6 Å². The summed E-state index contributed by atoms with van der Waals surface area (Å²) in [4.78, 5) is 27.5. The van der Waals surface area contributed by atoms with Crippen molar-refractivity contribution in [2.24, 2.45) is 0 Å². The molecule has 0 radical (unpaired) electrons. The average Bonchev–Trinajstić information content (AvgIpc) is 3.21. The minimum Gasteiger partial charge on any atom is -0.463 e. The zero-order valence-corrected chi connectivity index (χ0v) is 16.7. The van der Waals surface area contributed by atoms with Crippen LogP contribution in [0.2, 0.25) is 0 Å². The zero-order chi connectivity index (χ0) is 22.2. The molecule has 1 amide bonds. The van der Waals surface area contributed by atoms with Crippen molar-refractivity contribution in [2.45, 2.75) is 19.8 Å². The van der Waals surface area contributed by atoms with E-state index in [4.69, 9.17) is 9.15 Å². The smallest absolute Gasteiger partial charge is 0.330 e. The molecule has 0 saturated carbocycles. The van der Waals surface area contributed by atoms with E-state index in [0.717, 1.165) is 17.7 Å². The molecule has 0 spiro atoms. The van der Waals surface area contributed by atoms with Crippen LogP contribution < -0.4 is 5.32 Å². The number of aromatic nitrogens is 1. The number of ether oxygens (including phenoxy) is 1.